The van der Waals surface area contributed by atoms with Crippen molar-refractivity contribution in [3.8, 4) is 6.07 Å². The summed E-state index contributed by atoms with van der Waals surface area (Å²) in [5, 5.41) is 11.1. The van der Waals surface area contributed by atoms with Gasteiger partial charge in [-0.3, -0.25) is 0 Å². The van der Waals surface area contributed by atoms with Gasteiger partial charge in [-0.2, -0.15) is 5.26 Å². The zero-order chi connectivity index (χ0) is 8.39. The topological polar surface area (TPSA) is 23.8 Å². The lowest BCUT2D eigenvalue weighted by molar-refractivity contribution is 1.51. The minimum atomic E-state index is 0.768. The van der Waals surface area contributed by atoms with Gasteiger partial charge in [0.1, 0.15) is 0 Å². The maximum atomic E-state index is 8.80. The molecule has 1 heterocycles. The molecule has 0 amide bonds. The Labute approximate surface area is 72.4 Å². The van der Waals surface area contributed by atoms with Crippen molar-refractivity contribution < 1.29 is 0 Å². The monoisotopic (exact) mass is 171 g/mol. The van der Waals surface area contributed by atoms with Crippen molar-refractivity contribution in [2.24, 2.45) is 0 Å². The molecule has 1 aromatic carbocycles. The number of nitriles is 1. The highest BCUT2D eigenvalue weighted by molar-refractivity contribution is 7.36. The summed E-state index contributed by atoms with van der Waals surface area (Å²) in [7, 11) is 1.18. The van der Waals surface area contributed by atoms with Crippen LogP contribution in [0.5, 0.6) is 0 Å². The van der Waals surface area contributed by atoms with E-state index in [1.165, 1.54) is 13.3 Å². The molecule has 0 saturated carbocycles. The van der Waals surface area contributed by atoms with Crippen LogP contribution < -0.4 is 0 Å². The second-order valence-electron chi connectivity index (χ2n) is 2.49. The number of fused-ring (bicyclic) bond motifs is 1. The van der Waals surface area contributed by atoms with E-state index in [4.69, 9.17) is 5.26 Å². The van der Waals surface area contributed by atoms with Gasteiger partial charge in [-0.25, -0.2) is 0 Å². The van der Waals surface area contributed by atoms with E-state index in [0.717, 1.165) is 10.9 Å². The Morgan fingerprint density at radius 2 is 2.00 bits per heavy atom. The van der Waals surface area contributed by atoms with Crippen LogP contribution in [0.25, 0.3) is 10.5 Å². The molecule has 2 heteroatoms. The van der Waals surface area contributed by atoms with E-state index in [9.17, 15) is 0 Å². The third-order valence-corrected chi connectivity index (χ3v) is 2.74. The summed E-state index contributed by atoms with van der Waals surface area (Å²) >= 11 is 0. The average Bonchev–Trinajstić information content (AvgIpc) is 2.17. The number of nitrogens with zero attached hydrogens (tertiary/aromatic N) is 1. The van der Waals surface area contributed by atoms with Crippen molar-refractivity contribution in [3.05, 3.63) is 41.7 Å². The van der Waals surface area contributed by atoms with Crippen LogP contribution in [0, 0.1) is 11.3 Å². The summed E-state index contributed by atoms with van der Waals surface area (Å²) < 4.78 is 0. The van der Waals surface area contributed by atoms with Gasteiger partial charge in [0.2, 0.25) is 0 Å². The van der Waals surface area contributed by atoms with E-state index in [1.807, 2.05) is 30.1 Å². The quantitative estimate of drug-likeness (QED) is 0.596. The summed E-state index contributed by atoms with van der Waals surface area (Å²) in [5.41, 5.74) is 0.768. The summed E-state index contributed by atoms with van der Waals surface area (Å²) in [6.07, 6.45) is 0. The summed E-state index contributed by atoms with van der Waals surface area (Å²) in [5.74, 6) is 2.00. The van der Waals surface area contributed by atoms with Crippen molar-refractivity contribution in [2.45, 2.75) is 0 Å². The fraction of sp³-hybridized carbons (Fsp3) is 0. The predicted octanol–water partition coefficient (Wildman–Crippen LogP) is 3.29. The van der Waals surface area contributed by atoms with E-state index in [-0.39, 0.29) is 0 Å². The molecule has 0 spiro atoms. The standard InChI is InChI=1S/C10H6NP/c11-7-8-5-6-12-10-4-2-1-3-9(8)10/h1-6H. The van der Waals surface area contributed by atoms with Crippen LogP contribution in [0.2, 0.25) is 0 Å². The van der Waals surface area contributed by atoms with Gasteiger partial charge in [-0.1, -0.05) is 26.4 Å². The predicted molar refractivity (Wildman–Crippen MR) is 51.2 cm³/mol. The molecule has 0 N–H and O–H groups in total. The molecule has 0 aliphatic heterocycles. The van der Waals surface area contributed by atoms with Crippen LogP contribution in [-0.4, -0.2) is 0 Å². The van der Waals surface area contributed by atoms with E-state index in [2.05, 4.69) is 12.1 Å². The summed E-state index contributed by atoms with van der Waals surface area (Å²) in [6.45, 7) is 0. The minimum Gasteiger partial charge on any atom is -0.192 e. The zero-order valence-electron chi connectivity index (χ0n) is 6.36. The van der Waals surface area contributed by atoms with Crippen molar-refractivity contribution in [1.82, 2.24) is 0 Å². The van der Waals surface area contributed by atoms with Crippen LogP contribution in [0.15, 0.2) is 36.1 Å². The highest BCUT2D eigenvalue weighted by Gasteiger charge is 1.96. The Hall–Kier alpha value is -1.38. The van der Waals surface area contributed by atoms with Crippen molar-refractivity contribution >= 4 is 18.7 Å². The Kier molecular flexibility index (Phi) is 1.78. The molecule has 0 saturated heterocycles. The van der Waals surface area contributed by atoms with Crippen molar-refractivity contribution in [2.75, 3.05) is 0 Å². The van der Waals surface area contributed by atoms with Crippen LogP contribution >= 0.6 is 8.19 Å². The first-order valence-corrected chi connectivity index (χ1v) is 4.62. The van der Waals surface area contributed by atoms with Gasteiger partial charge >= 0.3 is 0 Å². The Morgan fingerprint density at radius 3 is 2.83 bits per heavy atom. The van der Waals surface area contributed by atoms with Gasteiger partial charge in [-0.05, 0) is 17.9 Å². The molecule has 0 unspecified atom stereocenters. The van der Waals surface area contributed by atoms with E-state index in [1.54, 1.807) is 0 Å². The number of hydrogen-bond donors (Lipinski definition) is 0. The van der Waals surface area contributed by atoms with E-state index in [0.29, 0.717) is 0 Å². The maximum absolute atomic E-state index is 8.80. The molecule has 0 radical (unpaired) electrons. The fourth-order valence-electron chi connectivity index (χ4n) is 1.19. The number of rotatable bonds is 0. The highest BCUT2D eigenvalue weighted by atomic mass is 31.0. The Morgan fingerprint density at radius 1 is 1.17 bits per heavy atom. The molecule has 12 heavy (non-hydrogen) atoms. The Bertz CT molecular complexity index is 451. The largest absolute Gasteiger partial charge is 0.192 e. The highest BCUT2D eigenvalue weighted by Crippen LogP contribution is 2.24. The average molecular weight is 171 g/mol. The second-order valence-corrected chi connectivity index (χ2v) is 3.53. The molecule has 0 atom stereocenters. The Balaban J connectivity index is 2.91. The van der Waals surface area contributed by atoms with Gasteiger partial charge in [0, 0.05) is 10.5 Å². The van der Waals surface area contributed by atoms with Crippen molar-refractivity contribution in [3.63, 3.8) is 0 Å². The van der Waals surface area contributed by atoms with E-state index >= 15 is 0 Å². The molecule has 0 fully saturated rings. The van der Waals surface area contributed by atoms with Crippen LogP contribution in [-0.2, 0) is 0 Å². The van der Waals surface area contributed by atoms with Crippen molar-refractivity contribution in [1.29, 1.82) is 5.26 Å². The van der Waals surface area contributed by atoms with Crippen LogP contribution in [0.3, 0.4) is 0 Å². The van der Waals surface area contributed by atoms with Crippen LogP contribution in [0.4, 0.5) is 0 Å². The van der Waals surface area contributed by atoms with E-state index < -0.39 is 0 Å². The first kappa shape index (κ1) is 7.28. The van der Waals surface area contributed by atoms with Gasteiger partial charge in [0.05, 0.1) is 11.6 Å². The minimum absolute atomic E-state index is 0.768. The maximum Gasteiger partial charge on any atom is 0.0998 e. The first-order valence-electron chi connectivity index (χ1n) is 3.65. The molecule has 2 aromatic rings. The molecule has 0 aliphatic carbocycles. The number of hydrogen-bond acceptors (Lipinski definition) is 1. The first-order chi connectivity index (χ1) is 5.92. The SMILES string of the molecule is N#Cc1ccpc2ccccc12. The molecule has 0 aliphatic rings. The lowest BCUT2D eigenvalue weighted by atomic mass is 10.2. The van der Waals surface area contributed by atoms with Gasteiger partial charge in [0.25, 0.3) is 0 Å². The fourth-order valence-corrected chi connectivity index (χ4v) is 2.08. The molecule has 1 nitrogen and oxygen atoms in total. The number of benzene rings is 1. The molecule has 2 rings (SSSR count). The summed E-state index contributed by atoms with van der Waals surface area (Å²) in [6, 6.07) is 12.1. The molecular formula is C10H6NP. The summed E-state index contributed by atoms with van der Waals surface area (Å²) in [4.78, 5) is 0. The lowest BCUT2D eigenvalue weighted by Crippen LogP contribution is -1.74. The smallest absolute Gasteiger partial charge is 0.0998 e. The molecule has 0 bridgehead atoms. The van der Waals surface area contributed by atoms with Gasteiger partial charge < -0.3 is 0 Å². The molecule has 1 aromatic heterocycles. The lowest BCUT2D eigenvalue weighted by Gasteiger charge is -1.96. The second kappa shape index (κ2) is 2.93. The van der Waals surface area contributed by atoms with Gasteiger partial charge in [0.15, 0.2) is 0 Å². The van der Waals surface area contributed by atoms with Gasteiger partial charge in [-0.15, -0.1) is 0 Å². The van der Waals surface area contributed by atoms with Crippen LogP contribution in [0.1, 0.15) is 5.56 Å². The zero-order valence-corrected chi connectivity index (χ0v) is 7.25. The molecular weight excluding hydrogens is 165 g/mol. The molecule has 56 valence electrons. The third kappa shape index (κ3) is 1.07. The third-order valence-electron chi connectivity index (χ3n) is 1.77. The normalized spacial score (nSPS) is 10.2.